The molecule has 2 aromatic heterocycles. The van der Waals surface area contributed by atoms with Crippen LogP contribution in [0.3, 0.4) is 0 Å². The van der Waals surface area contributed by atoms with Gasteiger partial charge in [0.15, 0.2) is 5.52 Å². The summed E-state index contributed by atoms with van der Waals surface area (Å²) in [5.41, 5.74) is -0.0189. The van der Waals surface area contributed by atoms with Crippen molar-refractivity contribution >= 4 is 45.8 Å². The number of fused-ring (bicyclic) bond motifs is 1. The molecule has 0 spiro atoms. The molecule has 0 radical (unpaired) electrons. The van der Waals surface area contributed by atoms with E-state index in [0.29, 0.717) is 22.0 Å². The topological polar surface area (TPSA) is 95.2 Å². The van der Waals surface area contributed by atoms with Gasteiger partial charge in [0.2, 0.25) is 5.91 Å². The van der Waals surface area contributed by atoms with E-state index in [9.17, 15) is 14.4 Å². The van der Waals surface area contributed by atoms with Crippen molar-refractivity contribution in [2.75, 3.05) is 12.4 Å². The van der Waals surface area contributed by atoms with Crippen molar-refractivity contribution in [3.05, 3.63) is 49.4 Å². The van der Waals surface area contributed by atoms with Crippen LogP contribution in [0.4, 0.5) is 5.69 Å². The van der Waals surface area contributed by atoms with Crippen LogP contribution in [0.2, 0.25) is 5.02 Å². The number of hydrogen-bond donors (Lipinski definition) is 1. The SMILES string of the molecule is COc1ccc(NC(=O)Cn2c(=O)n(C(C)C)c(=O)c3nscc32)cc1Cl. The third-order valence-corrected chi connectivity index (χ3v) is 4.87. The first-order valence-corrected chi connectivity index (χ1v) is 9.27. The smallest absolute Gasteiger partial charge is 0.332 e. The summed E-state index contributed by atoms with van der Waals surface area (Å²) in [6.45, 7) is 3.19. The van der Waals surface area contributed by atoms with Gasteiger partial charge in [-0.05, 0) is 43.6 Å². The van der Waals surface area contributed by atoms with E-state index in [1.165, 1.54) is 11.7 Å². The summed E-state index contributed by atoms with van der Waals surface area (Å²) in [6.07, 6.45) is 0. The molecule has 1 N–H and O–H groups in total. The van der Waals surface area contributed by atoms with Gasteiger partial charge in [0.25, 0.3) is 5.56 Å². The lowest BCUT2D eigenvalue weighted by atomic mass is 10.3. The zero-order valence-corrected chi connectivity index (χ0v) is 16.4. The zero-order chi connectivity index (χ0) is 19.7. The van der Waals surface area contributed by atoms with E-state index in [-0.39, 0.29) is 18.1 Å². The molecule has 10 heteroatoms. The van der Waals surface area contributed by atoms with E-state index in [4.69, 9.17) is 16.3 Å². The lowest BCUT2D eigenvalue weighted by Gasteiger charge is -2.14. The number of ether oxygens (including phenoxy) is 1. The first-order valence-electron chi connectivity index (χ1n) is 8.06. The van der Waals surface area contributed by atoms with Crippen molar-refractivity contribution in [2.24, 2.45) is 0 Å². The third-order valence-electron chi connectivity index (χ3n) is 3.95. The van der Waals surface area contributed by atoms with E-state index in [2.05, 4.69) is 9.69 Å². The highest BCUT2D eigenvalue weighted by Crippen LogP contribution is 2.27. The summed E-state index contributed by atoms with van der Waals surface area (Å²) in [7, 11) is 1.50. The van der Waals surface area contributed by atoms with Crippen LogP contribution in [0.15, 0.2) is 33.2 Å². The fraction of sp³-hybridized carbons (Fsp3) is 0.294. The molecule has 0 aliphatic rings. The molecule has 0 bridgehead atoms. The molecule has 0 saturated heterocycles. The Labute approximate surface area is 163 Å². The van der Waals surface area contributed by atoms with Crippen molar-refractivity contribution in [1.29, 1.82) is 0 Å². The second-order valence-electron chi connectivity index (χ2n) is 6.08. The summed E-state index contributed by atoms with van der Waals surface area (Å²) in [4.78, 5) is 37.7. The summed E-state index contributed by atoms with van der Waals surface area (Å²) >= 11 is 7.12. The molecule has 0 fully saturated rings. The number of benzene rings is 1. The molecular formula is C17H17ClN4O4S. The zero-order valence-electron chi connectivity index (χ0n) is 14.9. The maximum absolute atomic E-state index is 12.8. The Morgan fingerprint density at radius 2 is 2.11 bits per heavy atom. The Bertz CT molecular complexity index is 1130. The molecule has 3 rings (SSSR count). The fourth-order valence-corrected chi connectivity index (χ4v) is 3.63. The van der Waals surface area contributed by atoms with Gasteiger partial charge in [-0.3, -0.25) is 18.7 Å². The first-order chi connectivity index (χ1) is 12.8. The van der Waals surface area contributed by atoms with Crippen LogP contribution in [-0.4, -0.2) is 26.5 Å². The first kappa shape index (κ1) is 19.1. The minimum absolute atomic E-state index is 0.175. The Hall–Kier alpha value is -2.65. The molecule has 1 amide bonds. The number of nitrogens with zero attached hydrogens (tertiary/aromatic N) is 3. The van der Waals surface area contributed by atoms with E-state index in [1.54, 1.807) is 37.4 Å². The number of nitrogens with one attached hydrogen (secondary N) is 1. The van der Waals surface area contributed by atoms with Gasteiger partial charge in [-0.1, -0.05) is 11.6 Å². The molecule has 0 unspecified atom stereocenters. The average Bonchev–Trinajstić information content (AvgIpc) is 3.08. The molecule has 0 aliphatic heterocycles. The van der Waals surface area contributed by atoms with Crippen LogP contribution < -0.4 is 21.3 Å². The molecule has 0 aliphatic carbocycles. The summed E-state index contributed by atoms with van der Waals surface area (Å²) < 4.78 is 11.5. The third kappa shape index (κ3) is 3.60. The monoisotopic (exact) mass is 408 g/mol. The maximum atomic E-state index is 12.8. The molecule has 0 atom stereocenters. The van der Waals surface area contributed by atoms with Crippen LogP contribution in [0.25, 0.3) is 11.0 Å². The van der Waals surface area contributed by atoms with Crippen molar-refractivity contribution in [2.45, 2.75) is 26.4 Å². The minimum Gasteiger partial charge on any atom is -0.495 e. The molecule has 2 heterocycles. The number of carbonyl (C=O) groups is 1. The van der Waals surface area contributed by atoms with Gasteiger partial charge >= 0.3 is 5.69 Å². The largest absolute Gasteiger partial charge is 0.495 e. The second kappa shape index (κ2) is 7.53. The number of halogens is 1. The van der Waals surface area contributed by atoms with Gasteiger partial charge < -0.3 is 10.1 Å². The molecule has 1 aromatic carbocycles. The van der Waals surface area contributed by atoms with Crippen LogP contribution in [0.1, 0.15) is 19.9 Å². The fourth-order valence-electron chi connectivity index (χ4n) is 2.70. The molecule has 142 valence electrons. The number of amides is 1. The normalized spacial score (nSPS) is 11.1. The lowest BCUT2D eigenvalue weighted by Crippen LogP contribution is -2.42. The predicted octanol–water partition coefficient (Wildman–Crippen LogP) is 2.50. The Morgan fingerprint density at radius 3 is 2.74 bits per heavy atom. The number of rotatable bonds is 5. The maximum Gasteiger partial charge on any atom is 0.332 e. The van der Waals surface area contributed by atoms with Crippen molar-refractivity contribution in [1.82, 2.24) is 13.5 Å². The van der Waals surface area contributed by atoms with E-state index >= 15 is 0 Å². The van der Waals surface area contributed by atoms with Crippen molar-refractivity contribution in [3.63, 3.8) is 0 Å². The van der Waals surface area contributed by atoms with E-state index in [0.717, 1.165) is 16.1 Å². The highest BCUT2D eigenvalue weighted by Gasteiger charge is 2.19. The van der Waals surface area contributed by atoms with Gasteiger partial charge in [0, 0.05) is 17.1 Å². The number of methoxy groups -OCH3 is 1. The summed E-state index contributed by atoms with van der Waals surface area (Å²) in [5, 5.41) is 4.62. The standard InChI is InChI=1S/C17H17ClN4O4S/c1-9(2)22-16(24)15-12(8-27-20-15)21(17(22)25)7-14(23)19-10-4-5-13(26-3)11(18)6-10/h4-6,8-9H,7H2,1-3H3,(H,19,23). The quantitative estimate of drug-likeness (QED) is 0.699. The Morgan fingerprint density at radius 1 is 1.37 bits per heavy atom. The van der Waals surface area contributed by atoms with E-state index < -0.39 is 17.2 Å². The van der Waals surface area contributed by atoms with Crippen molar-refractivity contribution in [3.8, 4) is 5.75 Å². The van der Waals surface area contributed by atoms with Gasteiger partial charge in [0.05, 0.1) is 17.6 Å². The number of anilines is 1. The minimum atomic E-state index is -0.550. The second-order valence-corrected chi connectivity index (χ2v) is 7.12. The van der Waals surface area contributed by atoms with Crippen LogP contribution in [0.5, 0.6) is 5.75 Å². The van der Waals surface area contributed by atoms with Gasteiger partial charge in [0.1, 0.15) is 12.3 Å². The van der Waals surface area contributed by atoms with E-state index in [1.807, 2.05) is 0 Å². The predicted molar refractivity (Wildman–Crippen MR) is 105 cm³/mol. The molecule has 8 nitrogen and oxygen atoms in total. The molecule has 3 aromatic rings. The van der Waals surface area contributed by atoms with Crippen molar-refractivity contribution < 1.29 is 9.53 Å². The summed E-state index contributed by atoms with van der Waals surface area (Å²) in [5.74, 6) is 0.0562. The molecule has 0 saturated carbocycles. The summed E-state index contributed by atoms with van der Waals surface area (Å²) in [6, 6.07) is 4.47. The van der Waals surface area contributed by atoms with Crippen LogP contribution in [-0.2, 0) is 11.3 Å². The highest BCUT2D eigenvalue weighted by molar-refractivity contribution is 7.04. The Balaban J connectivity index is 1.96. The van der Waals surface area contributed by atoms with Crippen LogP contribution in [0, 0.1) is 0 Å². The van der Waals surface area contributed by atoms with Gasteiger partial charge in [-0.2, -0.15) is 4.37 Å². The highest BCUT2D eigenvalue weighted by atomic mass is 35.5. The number of carbonyl (C=O) groups excluding carboxylic acids is 1. The lowest BCUT2D eigenvalue weighted by molar-refractivity contribution is -0.116. The van der Waals surface area contributed by atoms with Gasteiger partial charge in [-0.25, -0.2) is 4.79 Å². The molecule has 27 heavy (non-hydrogen) atoms. The van der Waals surface area contributed by atoms with Crippen LogP contribution >= 0.6 is 23.1 Å². The number of aromatic nitrogens is 3. The number of hydrogen-bond acceptors (Lipinski definition) is 6. The van der Waals surface area contributed by atoms with Gasteiger partial charge in [-0.15, -0.1) is 0 Å². The average molecular weight is 409 g/mol. The Kier molecular flexibility index (Phi) is 5.33. The molecular weight excluding hydrogens is 392 g/mol.